The van der Waals surface area contributed by atoms with Gasteiger partial charge in [0.1, 0.15) is 0 Å². The van der Waals surface area contributed by atoms with Gasteiger partial charge in [-0.1, -0.05) is 52.6 Å². The molecule has 0 aliphatic rings. The van der Waals surface area contributed by atoms with E-state index in [4.69, 9.17) is 34.8 Å². The highest BCUT2D eigenvalue weighted by atomic mass is 35.5. The average molecular weight is 377 g/mol. The Morgan fingerprint density at radius 1 is 1.23 bits per heavy atom. The summed E-state index contributed by atoms with van der Waals surface area (Å²) in [5.74, 6) is -0.284. The molecule has 0 bridgehead atoms. The van der Waals surface area contributed by atoms with Crippen LogP contribution in [0.2, 0.25) is 15.1 Å². The summed E-state index contributed by atoms with van der Waals surface area (Å²) in [6.45, 7) is 0.366. The van der Waals surface area contributed by atoms with E-state index >= 15 is 0 Å². The largest absolute Gasteiger partial charge is 0.336 e. The van der Waals surface area contributed by atoms with Crippen molar-refractivity contribution in [2.45, 2.75) is 11.7 Å². The molecule has 0 aliphatic carbocycles. The van der Waals surface area contributed by atoms with Crippen molar-refractivity contribution >= 4 is 52.5 Å². The number of carbonyl (C=O) groups is 1. The Morgan fingerprint density at radius 3 is 2.59 bits per heavy atom. The third-order valence-corrected chi connectivity index (χ3v) is 4.44. The van der Waals surface area contributed by atoms with Crippen LogP contribution in [0.15, 0.2) is 29.6 Å². The van der Waals surface area contributed by atoms with Crippen LogP contribution in [0.25, 0.3) is 0 Å². The topological polar surface area (TPSA) is 46.1 Å². The van der Waals surface area contributed by atoms with Gasteiger partial charge < -0.3 is 4.90 Å². The van der Waals surface area contributed by atoms with Crippen molar-refractivity contribution < 1.29 is 4.79 Å². The van der Waals surface area contributed by atoms with Gasteiger partial charge in [0.2, 0.25) is 0 Å². The predicted molar refractivity (Wildman–Crippen MR) is 91.1 cm³/mol. The van der Waals surface area contributed by atoms with Gasteiger partial charge in [0.25, 0.3) is 5.91 Å². The molecular formula is C14H12Cl3N3OS. The van der Waals surface area contributed by atoms with E-state index in [1.165, 1.54) is 22.9 Å². The first-order valence-electron chi connectivity index (χ1n) is 6.18. The van der Waals surface area contributed by atoms with Crippen molar-refractivity contribution in [2.75, 3.05) is 13.3 Å². The Hall–Kier alpha value is -1.01. The quantitative estimate of drug-likeness (QED) is 0.585. The maximum atomic E-state index is 12.5. The number of carbonyl (C=O) groups excluding carboxylic acids is 1. The van der Waals surface area contributed by atoms with E-state index in [1.807, 2.05) is 12.3 Å². The maximum absolute atomic E-state index is 12.5. The molecule has 0 radical (unpaired) electrons. The predicted octanol–water partition coefficient (Wildman–Crippen LogP) is 4.43. The molecular weight excluding hydrogens is 365 g/mol. The van der Waals surface area contributed by atoms with E-state index in [0.29, 0.717) is 21.7 Å². The summed E-state index contributed by atoms with van der Waals surface area (Å²) in [7, 11) is 1.67. The molecule has 0 saturated carbocycles. The zero-order valence-corrected chi connectivity index (χ0v) is 14.9. The van der Waals surface area contributed by atoms with Crippen molar-refractivity contribution in [3.63, 3.8) is 0 Å². The Kier molecular flexibility index (Phi) is 5.92. The van der Waals surface area contributed by atoms with Gasteiger partial charge in [-0.15, -0.1) is 0 Å². The normalized spacial score (nSPS) is 10.6. The summed E-state index contributed by atoms with van der Waals surface area (Å²) in [6.07, 6.45) is 3.26. The highest BCUT2D eigenvalue weighted by Crippen LogP contribution is 2.24. The molecule has 0 aliphatic heterocycles. The van der Waals surface area contributed by atoms with Gasteiger partial charge in [0.05, 0.1) is 21.3 Å². The van der Waals surface area contributed by atoms with Gasteiger partial charge in [-0.25, -0.2) is 9.97 Å². The maximum Gasteiger partial charge on any atom is 0.274 e. The molecule has 1 amide bonds. The number of aromatic nitrogens is 2. The molecule has 0 N–H and O–H groups in total. The molecule has 1 aromatic carbocycles. The molecule has 0 saturated heterocycles. The minimum absolute atomic E-state index is 0.184. The van der Waals surface area contributed by atoms with Crippen LogP contribution in [0.4, 0.5) is 0 Å². The lowest BCUT2D eigenvalue weighted by molar-refractivity contribution is 0.0778. The summed E-state index contributed by atoms with van der Waals surface area (Å²) < 4.78 is 0. The zero-order valence-electron chi connectivity index (χ0n) is 11.8. The van der Waals surface area contributed by atoms with Crippen LogP contribution in [0, 0.1) is 0 Å². The SMILES string of the molecule is CSc1ncc(Cl)c(C(=O)N(C)Cc2ccc(Cl)c(Cl)c2)n1. The fourth-order valence-corrected chi connectivity index (χ4v) is 2.60. The minimum Gasteiger partial charge on any atom is -0.336 e. The molecule has 1 heterocycles. The average Bonchev–Trinajstić information content (AvgIpc) is 2.50. The molecule has 1 aromatic heterocycles. The first kappa shape index (κ1) is 17.3. The molecule has 116 valence electrons. The smallest absolute Gasteiger partial charge is 0.274 e. The van der Waals surface area contributed by atoms with Crippen molar-refractivity contribution in [3.05, 3.63) is 50.7 Å². The minimum atomic E-state index is -0.284. The Bertz CT molecular complexity index is 712. The standard InChI is InChI=1S/C14H12Cl3N3OS/c1-20(7-8-3-4-9(15)10(16)5-8)13(21)12-11(17)6-18-14(19-12)22-2/h3-6H,7H2,1-2H3. The van der Waals surface area contributed by atoms with Crippen molar-refractivity contribution in [1.29, 1.82) is 0 Å². The Labute approximate surface area is 147 Å². The number of rotatable bonds is 4. The number of amides is 1. The Morgan fingerprint density at radius 2 is 1.95 bits per heavy atom. The molecule has 0 unspecified atom stereocenters. The lowest BCUT2D eigenvalue weighted by Crippen LogP contribution is -2.27. The molecule has 2 aromatic rings. The van der Waals surface area contributed by atoms with Crippen LogP contribution < -0.4 is 0 Å². The number of benzene rings is 1. The fourth-order valence-electron chi connectivity index (χ4n) is 1.76. The van der Waals surface area contributed by atoms with Gasteiger partial charge >= 0.3 is 0 Å². The van der Waals surface area contributed by atoms with Gasteiger partial charge in [-0.3, -0.25) is 4.79 Å². The molecule has 0 spiro atoms. The fraction of sp³-hybridized carbons (Fsp3) is 0.214. The monoisotopic (exact) mass is 375 g/mol. The summed E-state index contributed by atoms with van der Waals surface area (Å²) >= 11 is 19.2. The third kappa shape index (κ3) is 4.04. The summed E-state index contributed by atoms with van der Waals surface area (Å²) in [5.41, 5.74) is 1.05. The van der Waals surface area contributed by atoms with E-state index in [2.05, 4.69) is 9.97 Å². The highest BCUT2D eigenvalue weighted by Gasteiger charge is 2.18. The number of nitrogens with zero attached hydrogens (tertiary/aromatic N) is 3. The molecule has 0 atom stereocenters. The second kappa shape index (κ2) is 7.51. The second-order valence-corrected chi connectivity index (χ2v) is 6.46. The molecule has 0 fully saturated rings. The van der Waals surface area contributed by atoms with Gasteiger partial charge in [0.15, 0.2) is 10.9 Å². The van der Waals surface area contributed by atoms with Crippen LogP contribution in [0.1, 0.15) is 16.1 Å². The number of thioether (sulfide) groups is 1. The van der Waals surface area contributed by atoms with Gasteiger partial charge in [0, 0.05) is 13.6 Å². The summed E-state index contributed by atoms with van der Waals surface area (Å²) in [6, 6.07) is 5.23. The molecule has 4 nitrogen and oxygen atoms in total. The van der Waals surface area contributed by atoms with Crippen LogP contribution in [-0.4, -0.2) is 34.1 Å². The zero-order chi connectivity index (χ0) is 16.3. The van der Waals surface area contributed by atoms with Crippen molar-refractivity contribution in [3.8, 4) is 0 Å². The number of halogens is 3. The molecule has 2 rings (SSSR count). The van der Waals surface area contributed by atoms with E-state index in [9.17, 15) is 4.79 Å². The van der Waals surface area contributed by atoms with E-state index in [1.54, 1.807) is 19.2 Å². The van der Waals surface area contributed by atoms with Crippen LogP contribution in [0.3, 0.4) is 0 Å². The van der Waals surface area contributed by atoms with Gasteiger partial charge in [-0.2, -0.15) is 0 Å². The first-order chi connectivity index (χ1) is 10.4. The van der Waals surface area contributed by atoms with Crippen LogP contribution >= 0.6 is 46.6 Å². The Balaban J connectivity index is 2.20. The lowest BCUT2D eigenvalue weighted by Gasteiger charge is -2.18. The summed E-state index contributed by atoms with van der Waals surface area (Å²) in [5, 5.41) is 1.65. The number of hydrogen-bond acceptors (Lipinski definition) is 4. The van der Waals surface area contributed by atoms with E-state index < -0.39 is 0 Å². The highest BCUT2D eigenvalue weighted by molar-refractivity contribution is 7.98. The first-order valence-corrected chi connectivity index (χ1v) is 8.54. The third-order valence-electron chi connectivity index (χ3n) is 2.86. The van der Waals surface area contributed by atoms with E-state index in [-0.39, 0.29) is 16.6 Å². The summed E-state index contributed by atoms with van der Waals surface area (Å²) in [4.78, 5) is 22.2. The van der Waals surface area contributed by atoms with Crippen LogP contribution in [-0.2, 0) is 6.54 Å². The second-order valence-electron chi connectivity index (χ2n) is 4.46. The van der Waals surface area contributed by atoms with E-state index in [0.717, 1.165) is 5.56 Å². The lowest BCUT2D eigenvalue weighted by atomic mass is 10.2. The number of hydrogen-bond donors (Lipinski definition) is 0. The molecule has 8 heteroatoms. The van der Waals surface area contributed by atoms with Crippen molar-refractivity contribution in [1.82, 2.24) is 14.9 Å². The van der Waals surface area contributed by atoms with Gasteiger partial charge in [-0.05, 0) is 24.0 Å². The molecule has 22 heavy (non-hydrogen) atoms. The van der Waals surface area contributed by atoms with Crippen LogP contribution in [0.5, 0.6) is 0 Å². The van der Waals surface area contributed by atoms with Crippen molar-refractivity contribution in [2.24, 2.45) is 0 Å².